The molecule has 1 aliphatic rings. The first-order valence-corrected chi connectivity index (χ1v) is 8.33. The molecule has 1 aliphatic heterocycles. The minimum absolute atomic E-state index is 0.0424. The standard InChI is InChI=1S/C13H13ClFN3O2S/c1-8-11(7-14)13(17-16-8)21(19,20)18-5-4-9-2-3-10(15)6-12(9)18/h2-3,6H,4-5,7H2,1H3,(H,16,17). The molecule has 5 nitrogen and oxygen atoms in total. The van der Waals surface area contributed by atoms with Crippen molar-refractivity contribution in [2.24, 2.45) is 0 Å². The van der Waals surface area contributed by atoms with E-state index in [9.17, 15) is 12.8 Å². The van der Waals surface area contributed by atoms with E-state index in [1.165, 1.54) is 16.4 Å². The number of fused-ring (bicyclic) bond motifs is 1. The highest BCUT2D eigenvalue weighted by Crippen LogP contribution is 2.34. The van der Waals surface area contributed by atoms with Crippen molar-refractivity contribution in [3.8, 4) is 0 Å². The van der Waals surface area contributed by atoms with E-state index in [0.29, 0.717) is 23.4 Å². The normalized spacial score (nSPS) is 14.5. The van der Waals surface area contributed by atoms with Gasteiger partial charge in [0.2, 0.25) is 5.03 Å². The van der Waals surface area contributed by atoms with Gasteiger partial charge >= 0.3 is 0 Å². The number of hydrogen-bond donors (Lipinski definition) is 1. The Morgan fingerprint density at radius 3 is 2.95 bits per heavy atom. The maximum absolute atomic E-state index is 13.4. The van der Waals surface area contributed by atoms with Crippen LogP contribution in [-0.4, -0.2) is 25.2 Å². The second-order valence-corrected chi connectivity index (χ2v) is 6.91. The maximum atomic E-state index is 13.4. The molecule has 0 aliphatic carbocycles. The summed E-state index contributed by atoms with van der Waals surface area (Å²) >= 11 is 5.81. The highest BCUT2D eigenvalue weighted by Gasteiger charge is 2.34. The fourth-order valence-corrected chi connectivity index (χ4v) is 4.55. The zero-order valence-corrected chi connectivity index (χ0v) is 12.8. The minimum atomic E-state index is -3.85. The zero-order valence-electron chi connectivity index (χ0n) is 11.2. The van der Waals surface area contributed by atoms with Crippen LogP contribution in [0.15, 0.2) is 23.2 Å². The van der Waals surface area contributed by atoms with Gasteiger partial charge in [0.25, 0.3) is 10.0 Å². The van der Waals surface area contributed by atoms with E-state index in [-0.39, 0.29) is 17.5 Å². The van der Waals surface area contributed by atoms with Crippen molar-refractivity contribution in [1.29, 1.82) is 0 Å². The Balaban J connectivity index is 2.11. The summed E-state index contributed by atoms with van der Waals surface area (Å²) < 4.78 is 40.1. The Morgan fingerprint density at radius 2 is 2.24 bits per heavy atom. The molecule has 0 fully saturated rings. The van der Waals surface area contributed by atoms with Crippen molar-refractivity contribution in [3.63, 3.8) is 0 Å². The third-order valence-corrected chi connectivity index (χ3v) is 5.66. The van der Waals surface area contributed by atoms with Crippen molar-refractivity contribution in [1.82, 2.24) is 10.2 Å². The second kappa shape index (κ2) is 4.99. The molecule has 0 saturated heterocycles. The second-order valence-electron chi connectivity index (χ2n) is 4.87. The Kier molecular flexibility index (Phi) is 3.41. The van der Waals surface area contributed by atoms with E-state index in [4.69, 9.17) is 11.6 Å². The van der Waals surface area contributed by atoms with Crippen LogP contribution in [0.25, 0.3) is 0 Å². The van der Waals surface area contributed by atoms with Gasteiger partial charge in [-0.05, 0) is 31.0 Å². The summed E-state index contributed by atoms with van der Waals surface area (Å²) in [6.45, 7) is 1.98. The fourth-order valence-electron chi connectivity index (χ4n) is 2.48. The number of anilines is 1. The highest BCUT2D eigenvalue weighted by atomic mass is 35.5. The molecule has 0 saturated carbocycles. The number of nitrogens with one attached hydrogen (secondary N) is 1. The van der Waals surface area contributed by atoms with Gasteiger partial charge in [-0.3, -0.25) is 9.40 Å². The third kappa shape index (κ3) is 2.20. The Bertz CT molecular complexity index is 804. The number of aryl methyl sites for hydroxylation is 1. The first-order valence-electron chi connectivity index (χ1n) is 6.36. The van der Waals surface area contributed by atoms with Gasteiger partial charge in [0.1, 0.15) is 5.82 Å². The van der Waals surface area contributed by atoms with Crippen LogP contribution in [0, 0.1) is 12.7 Å². The van der Waals surface area contributed by atoms with Gasteiger partial charge in [-0.15, -0.1) is 11.6 Å². The quantitative estimate of drug-likeness (QED) is 0.879. The maximum Gasteiger partial charge on any atom is 0.284 e. The zero-order chi connectivity index (χ0) is 15.2. The van der Waals surface area contributed by atoms with Crippen LogP contribution in [0.3, 0.4) is 0 Å². The van der Waals surface area contributed by atoms with Crippen LogP contribution in [-0.2, 0) is 22.3 Å². The number of alkyl halides is 1. The molecule has 8 heteroatoms. The topological polar surface area (TPSA) is 66.1 Å². The van der Waals surface area contributed by atoms with E-state index in [2.05, 4.69) is 10.2 Å². The average molecular weight is 330 g/mol. The number of rotatable bonds is 3. The lowest BCUT2D eigenvalue weighted by Gasteiger charge is -2.18. The van der Waals surface area contributed by atoms with E-state index >= 15 is 0 Å². The molecule has 0 atom stereocenters. The predicted octanol–water partition coefficient (Wildman–Crippen LogP) is 2.35. The molecule has 2 aromatic rings. The molecule has 1 aromatic carbocycles. The van der Waals surface area contributed by atoms with E-state index in [1.54, 1.807) is 13.0 Å². The smallest absolute Gasteiger partial charge is 0.281 e. The number of benzene rings is 1. The fraction of sp³-hybridized carbons (Fsp3) is 0.308. The van der Waals surface area contributed by atoms with E-state index in [1.807, 2.05) is 0 Å². The highest BCUT2D eigenvalue weighted by molar-refractivity contribution is 7.92. The number of nitrogens with zero attached hydrogens (tertiary/aromatic N) is 2. The van der Waals surface area contributed by atoms with Gasteiger partial charge < -0.3 is 0 Å². The van der Waals surface area contributed by atoms with Crippen molar-refractivity contribution < 1.29 is 12.8 Å². The van der Waals surface area contributed by atoms with Crippen LogP contribution in [0.2, 0.25) is 0 Å². The van der Waals surface area contributed by atoms with Crippen LogP contribution < -0.4 is 4.31 Å². The van der Waals surface area contributed by atoms with Gasteiger partial charge in [-0.2, -0.15) is 13.5 Å². The van der Waals surface area contributed by atoms with Crippen molar-refractivity contribution >= 4 is 27.3 Å². The number of aromatic amines is 1. The van der Waals surface area contributed by atoms with Gasteiger partial charge in [-0.1, -0.05) is 6.07 Å². The van der Waals surface area contributed by atoms with Gasteiger partial charge in [0.15, 0.2) is 0 Å². The molecule has 0 amide bonds. The van der Waals surface area contributed by atoms with Crippen LogP contribution in [0.5, 0.6) is 0 Å². The lowest BCUT2D eigenvalue weighted by molar-refractivity contribution is 0.587. The molecule has 1 aromatic heterocycles. The lowest BCUT2D eigenvalue weighted by atomic mass is 10.2. The number of hydrogen-bond acceptors (Lipinski definition) is 3. The molecule has 0 spiro atoms. The number of sulfonamides is 1. The minimum Gasteiger partial charge on any atom is -0.281 e. The largest absolute Gasteiger partial charge is 0.284 e. The molecule has 2 heterocycles. The first kappa shape index (κ1) is 14.3. The van der Waals surface area contributed by atoms with Gasteiger partial charge in [0.05, 0.1) is 11.6 Å². The molecule has 0 radical (unpaired) electrons. The molecular weight excluding hydrogens is 317 g/mol. The Hall–Kier alpha value is -1.60. The SMILES string of the molecule is Cc1[nH]nc(S(=O)(=O)N2CCc3ccc(F)cc32)c1CCl. The molecule has 3 rings (SSSR count). The van der Waals surface area contributed by atoms with E-state index < -0.39 is 15.8 Å². The summed E-state index contributed by atoms with van der Waals surface area (Å²) in [5, 5.41) is 6.41. The number of H-pyrrole nitrogens is 1. The lowest BCUT2D eigenvalue weighted by Crippen LogP contribution is -2.30. The van der Waals surface area contributed by atoms with Crippen molar-refractivity contribution in [2.45, 2.75) is 24.3 Å². The van der Waals surface area contributed by atoms with Crippen LogP contribution in [0.4, 0.5) is 10.1 Å². The summed E-state index contributed by atoms with van der Waals surface area (Å²) in [6.07, 6.45) is 0.550. The molecule has 1 N–H and O–H groups in total. The number of aromatic nitrogens is 2. The summed E-state index contributed by atoms with van der Waals surface area (Å²) in [5.41, 5.74) is 2.24. The van der Waals surface area contributed by atoms with Crippen LogP contribution in [0.1, 0.15) is 16.8 Å². The van der Waals surface area contributed by atoms with Gasteiger partial charge in [-0.25, -0.2) is 4.39 Å². The van der Waals surface area contributed by atoms with E-state index in [0.717, 1.165) is 5.56 Å². The third-order valence-electron chi connectivity index (χ3n) is 3.60. The Morgan fingerprint density at radius 1 is 1.48 bits per heavy atom. The first-order chi connectivity index (χ1) is 9.95. The Labute approximate surface area is 126 Å². The predicted molar refractivity (Wildman–Crippen MR) is 77.5 cm³/mol. The molecular formula is C13H13ClFN3O2S. The number of halogens is 2. The van der Waals surface area contributed by atoms with Crippen molar-refractivity contribution in [2.75, 3.05) is 10.8 Å². The molecule has 0 bridgehead atoms. The molecule has 0 unspecified atom stereocenters. The summed E-state index contributed by atoms with van der Waals surface area (Å²) in [4.78, 5) is 0. The summed E-state index contributed by atoms with van der Waals surface area (Å²) in [5.74, 6) is -0.424. The molecule has 21 heavy (non-hydrogen) atoms. The summed E-state index contributed by atoms with van der Waals surface area (Å²) in [6, 6.07) is 4.18. The van der Waals surface area contributed by atoms with Crippen LogP contribution >= 0.6 is 11.6 Å². The summed E-state index contributed by atoms with van der Waals surface area (Å²) in [7, 11) is -3.85. The monoisotopic (exact) mass is 329 g/mol. The average Bonchev–Trinajstić information content (AvgIpc) is 3.01. The van der Waals surface area contributed by atoms with Crippen molar-refractivity contribution in [3.05, 3.63) is 40.8 Å². The molecule has 112 valence electrons. The van der Waals surface area contributed by atoms with Gasteiger partial charge in [0, 0.05) is 17.8 Å².